The van der Waals surface area contributed by atoms with Crippen molar-refractivity contribution in [2.75, 3.05) is 19.7 Å². The van der Waals surface area contributed by atoms with E-state index in [0.29, 0.717) is 5.92 Å². The van der Waals surface area contributed by atoms with Crippen LogP contribution in [0.5, 0.6) is 5.75 Å². The summed E-state index contributed by atoms with van der Waals surface area (Å²) in [5.74, 6) is 1.60. The van der Waals surface area contributed by atoms with Gasteiger partial charge in [0.1, 0.15) is 5.75 Å². The molecule has 1 unspecified atom stereocenters. The van der Waals surface area contributed by atoms with Gasteiger partial charge in [-0.25, -0.2) is 0 Å². The molecular weight excluding hydrogens is 258 g/mol. The molecule has 21 heavy (non-hydrogen) atoms. The van der Waals surface area contributed by atoms with E-state index >= 15 is 0 Å². The van der Waals surface area contributed by atoms with Gasteiger partial charge in [-0.1, -0.05) is 42.5 Å². The third kappa shape index (κ3) is 2.06. The molecular formula is C19H21NO. The predicted molar refractivity (Wildman–Crippen MR) is 85.0 cm³/mol. The van der Waals surface area contributed by atoms with E-state index in [1.54, 1.807) is 0 Å². The van der Waals surface area contributed by atoms with Gasteiger partial charge in [0.15, 0.2) is 0 Å². The molecule has 1 N–H and O–H groups in total. The van der Waals surface area contributed by atoms with Crippen LogP contribution in [0.4, 0.5) is 0 Å². The maximum absolute atomic E-state index is 5.87. The molecule has 2 aromatic carbocycles. The van der Waals surface area contributed by atoms with Gasteiger partial charge in [-0.05, 0) is 30.5 Å². The summed E-state index contributed by atoms with van der Waals surface area (Å²) in [6.07, 6.45) is 1.17. The molecule has 0 saturated carbocycles. The monoisotopic (exact) mass is 279 g/mol. The Kier molecular flexibility index (Phi) is 3.00. The lowest BCUT2D eigenvalue weighted by molar-refractivity contribution is 0.220. The Morgan fingerprint density at radius 3 is 2.62 bits per heavy atom. The fraction of sp³-hybridized carbons (Fsp3) is 0.368. The smallest absolute Gasteiger partial charge is 0.122 e. The molecule has 0 aliphatic carbocycles. The average molecular weight is 279 g/mol. The van der Waals surface area contributed by atoms with Gasteiger partial charge in [0.05, 0.1) is 6.61 Å². The van der Waals surface area contributed by atoms with E-state index in [0.717, 1.165) is 25.4 Å². The largest absolute Gasteiger partial charge is 0.493 e. The van der Waals surface area contributed by atoms with Crippen LogP contribution in [0.3, 0.4) is 0 Å². The molecule has 0 amide bonds. The van der Waals surface area contributed by atoms with Crippen LogP contribution >= 0.6 is 0 Å². The van der Waals surface area contributed by atoms with Crippen LogP contribution in [-0.4, -0.2) is 19.7 Å². The number of para-hydroxylation sites is 1. The quantitative estimate of drug-likeness (QED) is 0.929. The van der Waals surface area contributed by atoms with Crippen molar-refractivity contribution in [3.63, 3.8) is 0 Å². The molecule has 2 heterocycles. The number of hydrogen-bond acceptors (Lipinski definition) is 2. The Morgan fingerprint density at radius 1 is 1.10 bits per heavy atom. The standard InChI is InChI=1S/C19H21NO/c1-14-6-2-4-8-17(14)19(12-20-13-19)10-15-11-21-18-9-5-3-7-16(15)18/h2-9,15,20H,10-13H2,1H3. The van der Waals surface area contributed by atoms with Crippen molar-refractivity contribution >= 4 is 0 Å². The summed E-state index contributed by atoms with van der Waals surface area (Å²) in [5.41, 5.74) is 4.58. The van der Waals surface area contributed by atoms with Gasteiger partial charge in [0.25, 0.3) is 0 Å². The Labute approximate surface area is 126 Å². The van der Waals surface area contributed by atoms with Crippen LogP contribution < -0.4 is 10.1 Å². The first-order chi connectivity index (χ1) is 10.3. The molecule has 1 fully saturated rings. The van der Waals surface area contributed by atoms with Crippen molar-refractivity contribution in [1.29, 1.82) is 0 Å². The molecule has 0 bridgehead atoms. The molecule has 2 aliphatic rings. The highest BCUT2D eigenvalue weighted by Crippen LogP contribution is 2.44. The van der Waals surface area contributed by atoms with Crippen molar-refractivity contribution < 1.29 is 4.74 Å². The summed E-state index contributed by atoms with van der Waals surface area (Å²) < 4.78 is 5.87. The Morgan fingerprint density at radius 2 is 1.86 bits per heavy atom. The fourth-order valence-electron chi connectivity index (χ4n) is 3.91. The van der Waals surface area contributed by atoms with E-state index in [1.807, 2.05) is 0 Å². The lowest BCUT2D eigenvalue weighted by Gasteiger charge is -2.45. The summed E-state index contributed by atoms with van der Waals surface area (Å²) in [5, 5.41) is 3.48. The molecule has 0 aromatic heterocycles. The second-order valence-electron chi connectivity index (χ2n) is 6.45. The molecule has 4 rings (SSSR count). The third-order valence-corrected chi connectivity index (χ3v) is 5.08. The van der Waals surface area contributed by atoms with Gasteiger partial charge in [0.2, 0.25) is 0 Å². The van der Waals surface area contributed by atoms with Gasteiger partial charge in [0, 0.05) is 30.0 Å². The normalized spacial score (nSPS) is 22.2. The van der Waals surface area contributed by atoms with Crippen molar-refractivity contribution in [2.45, 2.75) is 24.7 Å². The highest BCUT2D eigenvalue weighted by molar-refractivity contribution is 5.42. The van der Waals surface area contributed by atoms with E-state index in [2.05, 4.69) is 60.8 Å². The zero-order valence-electron chi connectivity index (χ0n) is 12.4. The van der Waals surface area contributed by atoms with E-state index in [-0.39, 0.29) is 5.41 Å². The predicted octanol–water partition coefficient (Wildman–Crippen LogP) is 3.40. The maximum atomic E-state index is 5.87. The van der Waals surface area contributed by atoms with Crippen LogP contribution in [0.1, 0.15) is 29.0 Å². The van der Waals surface area contributed by atoms with Gasteiger partial charge < -0.3 is 10.1 Å². The van der Waals surface area contributed by atoms with Gasteiger partial charge in [-0.2, -0.15) is 0 Å². The van der Waals surface area contributed by atoms with Crippen LogP contribution in [0.2, 0.25) is 0 Å². The van der Waals surface area contributed by atoms with Crippen LogP contribution in [0.15, 0.2) is 48.5 Å². The van der Waals surface area contributed by atoms with Gasteiger partial charge in [-0.15, -0.1) is 0 Å². The van der Waals surface area contributed by atoms with E-state index in [1.165, 1.54) is 23.1 Å². The minimum absolute atomic E-state index is 0.275. The highest BCUT2D eigenvalue weighted by atomic mass is 16.5. The topological polar surface area (TPSA) is 21.3 Å². The molecule has 2 aromatic rings. The SMILES string of the molecule is Cc1ccccc1C1(CC2COc3ccccc32)CNC1. The number of fused-ring (bicyclic) bond motifs is 1. The number of nitrogens with one attached hydrogen (secondary N) is 1. The van der Waals surface area contributed by atoms with Crippen LogP contribution in [0, 0.1) is 6.92 Å². The minimum atomic E-state index is 0.275. The summed E-state index contributed by atoms with van der Waals surface area (Å²) in [6.45, 7) is 5.22. The van der Waals surface area contributed by atoms with Crippen molar-refractivity contribution in [1.82, 2.24) is 5.32 Å². The lowest BCUT2D eigenvalue weighted by atomic mass is 9.67. The number of ether oxygens (including phenoxy) is 1. The van der Waals surface area contributed by atoms with Crippen LogP contribution in [-0.2, 0) is 5.41 Å². The van der Waals surface area contributed by atoms with Crippen molar-refractivity contribution in [3.8, 4) is 5.75 Å². The Bertz CT molecular complexity index is 660. The Balaban J connectivity index is 1.65. The van der Waals surface area contributed by atoms with Gasteiger partial charge in [-0.3, -0.25) is 0 Å². The number of benzene rings is 2. The van der Waals surface area contributed by atoms with Crippen molar-refractivity contribution in [3.05, 3.63) is 65.2 Å². The Hall–Kier alpha value is -1.80. The fourth-order valence-corrected chi connectivity index (χ4v) is 3.91. The van der Waals surface area contributed by atoms with E-state index in [9.17, 15) is 0 Å². The molecule has 0 radical (unpaired) electrons. The summed E-state index contributed by atoms with van der Waals surface area (Å²) in [6, 6.07) is 17.3. The maximum Gasteiger partial charge on any atom is 0.122 e. The highest BCUT2D eigenvalue weighted by Gasteiger charge is 2.43. The van der Waals surface area contributed by atoms with Crippen LogP contribution in [0.25, 0.3) is 0 Å². The zero-order chi connectivity index (χ0) is 14.3. The molecule has 2 heteroatoms. The number of aryl methyl sites for hydroxylation is 1. The molecule has 1 saturated heterocycles. The summed E-state index contributed by atoms with van der Waals surface area (Å²) >= 11 is 0. The first-order valence-electron chi connectivity index (χ1n) is 7.77. The second-order valence-corrected chi connectivity index (χ2v) is 6.45. The average Bonchev–Trinajstić information content (AvgIpc) is 2.87. The molecule has 1 atom stereocenters. The minimum Gasteiger partial charge on any atom is -0.493 e. The molecule has 108 valence electrons. The first-order valence-corrected chi connectivity index (χ1v) is 7.77. The molecule has 2 nitrogen and oxygen atoms in total. The summed E-state index contributed by atoms with van der Waals surface area (Å²) in [4.78, 5) is 0. The van der Waals surface area contributed by atoms with E-state index < -0.39 is 0 Å². The van der Waals surface area contributed by atoms with E-state index in [4.69, 9.17) is 4.74 Å². The first kappa shape index (κ1) is 12.9. The lowest BCUT2D eigenvalue weighted by Crippen LogP contribution is -2.57. The number of rotatable bonds is 3. The molecule has 0 spiro atoms. The third-order valence-electron chi connectivity index (χ3n) is 5.08. The zero-order valence-corrected chi connectivity index (χ0v) is 12.4. The van der Waals surface area contributed by atoms with Gasteiger partial charge >= 0.3 is 0 Å². The summed E-state index contributed by atoms with van der Waals surface area (Å²) in [7, 11) is 0. The number of hydrogen-bond donors (Lipinski definition) is 1. The van der Waals surface area contributed by atoms with Crippen molar-refractivity contribution in [2.24, 2.45) is 0 Å². The second kappa shape index (κ2) is 4.88. The molecule has 2 aliphatic heterocycles.